The Morgan fingerprint density at radius 2 is 2.05 bits per heavy atom. The molecule has 2 aromatic rings. The molecule has 0 unspecified atom stereocenters. The summed E-state index contributed by atoms with van der Waals surface area (Å²) in [6.07, 6.45) is 2.83. The Morgan fingerprint density at radius 1 is 1.29 bits per heavy atom. The summed E-state index contributed by atoms with van der Waals surface area (Å²) in [7, 11) is 0. The van der Waals surface area contributed by atoms with Crippen LogP contribution in [0.5, 0.6) is 0 Å². The van der Waals surface area contributed by atoms with Crippen LogP contribution in [0.2, 0.25) is 5.02 Å². The molecule has 0 aliphatic heterocycles. The average molecular weight is 324 g/mol. The van der Waals surface area contributed by atoms with Gasteiger partial charge in [-0.05, 0) is 42.3 Å². The third-order valence-electron chi connectivity index (χ3n) is 2.95. The zero-order chi connectivity index (χ0) is 15.4. The number of aryl methyl sites for hydroxylation is 1. The fourth-order valence-corrected chi connectivity index (χ4v) is 3.08. The molecule has 5 nitrogen and oxygen atoms in total. The standard InChI is InChI=1S/C14H14ClN3O2S/c1-3-8-10(4-2)17-18-13(11(8)14(19)20)21-12-9(15)6-5-7-16-12/h5-7H,3-4H2,1-2H3,(H,19,20). The third kappa shape index (κ3) is 3.33. The van der Waals surface area contributed by atoms with Gasteiger partial charge in [0.25, 0.3) is 0 Å². The molecular formula is C14H14ClN3O2S. The van der Waals surface area contributed by atoms with Gasteiger partial charge in [-0.2, -0.15) is 5.10 Å². The molecule has 0 saturated heterocycles. The molecule has 0 atom stereocenters. The fraction of sp³-hybridized carbons (Fsp3) is 0.286. The smallest absolute Gasteiger partial charge is 0.338 e. The quantitative estimate of drug-likeness (QED) is 0.907. The molecular weight excluding hydrogens is 310 g/mol. The molecule has 2 rings (SSSR count). The molecule has 0 fully saturated rings. The minimum absolute atomic E-state index is 0.191. The first-order valence-electron chi connectivity index (χ1n) is 6.48. The molecule has 0 aromatic carbocycles. The van der Waals surface area contributed by atoms with Crippen molar-refractivity contribution in [2.45, 2.75) is 36.7 Å². The van der Waals surface area contributed by atoms with Crippen molar-refractivity contribution in [2.24, 2.45) is 0 Å². The van der Waals surface area contributed by atoms with Gasteiger partial charge in [0, 0.05) is 6.20 Å². The first-order valence-corrected chi connectivity index (χ1v) is 7.68. The summed E-state index contributed by atoms with van der Waals surface area (Å²) >= 11 is 7.18. The first kappa shape index (κ1) is 15.7. The van der Waals surface area contributed by atoms with Crippen LogP contribution in [0.4, 0.5) is 0 Å². The number of hydrogen-bond donors (Lipinski definition) is 1. The Labute approximate surface area is 131 Å². The number of nitrogens with zero attached hydrogens (tertiary/aromatic N) is 3. The highest BCUT2D eigenvalue weighted by molar-refractivity contribution is 7.99. The van der Waals surface area contributed by atoms with E-state index in [2.05, 4.69) is 15.2 Å². The maximum atomic E-state index is 11.6. The number of hydrogen-bond acceptors (Lipinski definition) is 5. The number of halogens is 1. The lowest BCUT2D eigenvalue weighted by atomic mass is 10.0. The fourth-order valence-electron chi connectivity index (χ4n) is 1.98. The predicted octanol–water partition coefficient (Wildman–Crippen LogP) is 3.50. The molecule has 0 aliphatic rings. The number of carboxylic acids is 1. The molecule has 2 heterocycles. The zero-order valence-electron chi connectivity index (χ0n) is 11.6. The van der Waals surface area contributed by atoms with Gasteiger partial charge in [0.2, 0.25) is 0 Å². The van der Waals surface area contributed by atoms with Crippen molar-refractivity contribution in [2.75, 3.05) is 0 Å². The summed E-state index contributed by atoms with van der Waals surface area (Å²) in [5, 5.41) is 19.0. The topological polar surface area (TPSA) is 76.0 Å². The number of aromatic nitrogens is 3. The molecule has 0 saturated carbocycles. The van der Waals surface area contributed by atoms with E-state index in [0.717, 1.165) is 17.3 Å². The Hall–Kier alpha value is -1.66. The minimum atomic E-state index is -1.01. The highest BCUT2D eigenvalue weighted by Crippen LogP contribution is 2.33. The summed E-state index contributed by atoms with van der Waals surface area (Å²) in [6.45, 7) is 3.84. The number of pyridine rings is 1. The number of rotatable bonds is 5. The maximum Gasteiger partial charge on any atom is 0.338 e. The van der Waals surface area contributed by atoms with Crippen molar-refractivity contribution in [1.82, 2.24) is 15.2 Å². The van der Waals surface area contributed by atoms with Crippen LogP contribution in [-0.4, -0.2) is 26.3 Å². The van der Waals surface area contributed by atoms with E-state index in [1.54, 1.807) is 18.3 Å². The molecule has 0 radical (unpaired) electrons. The second-order valence-electron chi connectivity index (χ2n) is 4.21. The number of carboxylic acid groups (broad SMARTS) is 1. The van der Waals surface area contributed by atoms with E-state index in [1.807, 2.05) is 13.8 Å². The van der Waals surface area contributed by atoms with Gasteiger partial charge < -0.3 is 5.11 Å². The van der Waals surface area contributed by atoms with E-state index in [-0.39, 0.29) is 5.56 Å². The van der Waals surface area contributed by atoms with Crippen molar-refractivity contribution in [1.29, 1.82) is 0 Å². The predicted molar refractivity (Wildman–Crippen MR) is 81.1 cm³/mol. The van der Waals surface area contributed by atoms with Gasteiger partial charge in [-0.25, -0.2) is 9.78 Å². The largest absolute Gasteiger partial charge is 0.478 e. The lowest BCUT2D eigenvalue weighted by Gasteiger charge is -2.11. The number of carbonyl (C=O) groups is 1. The SMILES string of the molecule is CCc1nnc(Sc2ncccc2Cl)c(C(=O)O)c1CC. The van der Waals surface area contributed by atoms with Crippen LogP contribution < -0.4 is 0 Å². The van der Waals surface area contributed by atoms with Crippen molar-refractivity contribution < 1.29 is 9.90 Å². The van der Waals surface area contributed by atoms with Crippen LogP contribution in [-0.2, 0) is 12.8 Å². The number of aromatic carboxylic acids is 1. The van der Waals surface area contributed by atoms with Crippen LogP contribution in [0.15, 0.2) is 28.4 Å². The highest BCUT2D eigenvalue weighted by Gasteiger charge is 2.21. The summed E-state index contributed by atoms with van der Waals surface area (Å²) in [6, 6.07) is 3.42. The van der Waals surface area contributed by atoms with E-state index in [1.165, 1.54) is 0 Å². The summed E-state index contributed by atoms with van der Waals surface area (Å²) in [5.74, 6) is -1.01. The van der Waals surface area contributed by atoms with Crippen molar-refractivity contribution in [3.63, 3.8) is 0 Å². The molecule has 0 bridgehead atoms. The second-order valence-corrected chi connectivity index (χ2v) is 5.59. The van der Waals surface area contributed by atoms with E-state index in [0.29, 0.717) is 33.6 Å². The van der Waals surface area contributed by atoms with E-state index >= 15 is 0 Å². The molecule has 0 spiro atoms. The van der Waals surface area contributed by atoms with Gasteiger partial charge in [0.1, 0.15) is 10.1 Å². The van der Waals surface area contributed by atoms with E-state index in [4.69, 9.17) is 11.6 Å². The molecule has 110 valence electrons. The van der Waals surface area contributed by atoms with Gasteiger partial charge in [-0.1, -0.05) is 25.4 Å². The Balaban J connectivity index is 2.54. The second kappa shape index (κ2) is 6.87. The maximum absolute atomic E-state index is 11.6. The molecule has 2 aromatic heterocycles. The highest BCUT2D eigenvalue weighted by atomic mass is 35.5. The molecule has 1 N–H and O–H groups in total. The summed E-state index contributed by atoms with van der Waals surface area (Å²) in [4.78, 5) is 15.8. The first-order chi connectivity index (χ1) is 10.1. The van der Waals surface area contributed by atoms with Gasteiger partial charge >= 0.3 is 5.97 Å². The minimum Gasteiger partial charge on any atom is -0.478 e. The van der Waals surface area contributed by atoms with Crippen molar-refractivity contribution >= 4 is 29.3 Å². The average Bonchev–Trinajstić information content (AvgIpc) is 2.48. The van der Waals surface area contributed by atoms with Crippen LogP contribution in [0.1, 0.15) is 35.5 Å². The van der Waals surface area contributed by atoms with Crippen molar-refractivity contribution in [3.05, 3.63) is 40.2 Å². The van der Waals surface area contributed by atoms with Gasteiger partial charge in [0.05, 0.1) is 16.3 Å². The van der Waals surface area contributed by atoms with Crippen LogP contribution in [0, 0.1) is 0 Å². The Kier molecular flexibility index (Phi) is 5.14. The molecule has 0 aliphatic carbocycles. The van der Waals surface area contributed by atoms with Crippen LogP contribution in [0.25, 0.3) is 0 Å². The van der Waals surface area contributed by atoms with Crippen molar-refractivity contribution in [3.8, 4) is 0 Å². The monoisotopic (exact) mass is 323 g/mol. The van der Waals surface area contributed by atoms with Crippen LogP contribution in [0.3, 0.4) is 0 Å². The molecule has 21 heavy (non-hydrogen) atoms. The normalized spacial score (nSPS) is 10.6. The lowest BCUT2D eigenvalue weighted by Crippen LogP contribution is -2.11. The summed E-state index contributed by atoms with van der Waals surface area (Å²) < 4.78 is 0. The Bertz CT molecular complexity index is 679. The van der Waals surface area contributed by atoms with Gasteiger partial charge in [-0.3, -0.25) is 0 Å². The molecule has 7 heteroatoms. The van der Waals surface area contributed by atoms with Gasteiger partial charge in [0.15, 0.2) is 0 Å². The van der Waals surface area contributed by atoms with E-state index < -0.39 is 5.97 Å². The lowest BCUT2D eigenvalue weighted by molar-refractivity contribution is 0.0690. The van der Waals surface area contributed by atoms with Crippen LogP contribution >= 0.6 is 23.4 Å². The zero-order valence-corrected chi connectivity index (χ0v) is 13.2. The van der Waals surface area contributed by atoms with E-state index in [9.17, 15) is 9.90 Å². The molecule has 0 amide bonds. The Morgan fingerprint density at radius 3 is 2.62 bits per heavy atom. The summed E-state index contributed by atoms with van der Waals surface area (Å²) in [5.41, 5.74) is 1.62. The van der Waals surface area contributed by atoms with Gasteiger partial charge in [-0.15, -0.1) is 5.10 Å². The third-order valence-corrected chi connectivity index (χ3v) is 4.36.